The Morgan fingerprint density at radius 3 is 2.24 bits per heavy atom. The topological polar surface area (TPSA) is 27.7 Å². The third-order valence-corrected chi connectivity index (χ3v) is 7.95. The van der Waals surface area contributed by atoms with Gasteiger partial charge in [-0.1, -0.05) is 45.2 Å². The van der Waals surface area contributed by atoms with E-state index < -0.39 is 29.6 Å². The van der Waals surface area contributed by atoms with Crippen LogP contribution in [0.15, 0.2) is 12.1 Å². The third-order valence-electron chi connectivity index (χ3n) is 7.95. The minimum atomic E-state index is -2.68. The first-order valence-electron chi connectivity index (χ1n) is 13.0. The Morgan fingerprint density at radius 2 is 1.59 bits per heavy atom. The first-order valence-corrected chi connectivity index (χ1v) is 13.0. The van der Waals surface area contributed by atoms with Crippen LogP contribution in [0, 0.1) is 29.4 Å². The van der Waals surface area contributed by atoms with E-state index in [9.17, 15) is 8.78 Å². The van der Waals surface area contributed by atoms with Gasteiger partial charge in [-0.2, -0.15) is 0 Å². The molecule has 1 aromatic rings. The SMILES string of the molecule is CCCCCC1OCC(c2ccc(C3CCC(C4CCC(C)CC4(F)F)CO3)c(F)c2F)CO1. The first kappa shape index (κ1) is 25.9. The van der Waals surface area contributed by atoms with Crippen molar-refractivity contribution in [3.63, 3.8) is 0 Å². The van der Waals surface area contributed by atoms with Gasteiger partial charge in [-0.15, -0.1) is 0 Å². The van der Waals surface area contributed by atoms with Gasteiger partial charge in [-0.05, 0) is 49.5 Å². The summed E-state index contributed by atoms with van der Waals surface area (Å²) in [5, 5.41) is 0. The molecule has 2 aliphatic heterocycles. The lowest BCUT2D eigenvalue weighted by Gasteiger charge is -2.42. The summed E-state index contributed by atoms with van der Waals surface area (Å²) in [4.78, 5) is 0. The fourth-order valence-electron chi connectivity index (χ4n) is 5.90. The van der Waals surface area contributed by atoms with Gasteiger partial charge in [0.05, 0.1) is 25.9 Å². The van der Waals surface area contributed by atoms with Gasteiger partial charge in [-0.25, -0.2) is 17.6 Å². The van der Waals surface area contributed by atoms with Gasteiger partial charge in [0.15, 0.2) is 17.9 Å². The lowest BCUT2D eigenvalue weighted by molar-refractivity contribution is -0.190. The average molecular weight is 487 g/mol. The van der Waals surface area contributed by atoms with E-state index in [4.69, 9.17) is 14.2 Å². The molecule has 2 saturated heterocycles. The maximum absolute atomic E-state index is 15.0. The van der Waals surface area contributed by atoms with Crippen molar-refractivity contribution < 1.29 is 31.8 Å². The predicted octanol–water partition coefficient (Wildman–Crippen LogP) is 7.54. The number of ether oxygens (including phenoxy) is 3. The van der Waals surface area contributed by atoms with Crippen LogP contribution in [-0.4, -0.2) is 32.0 Å². The number of hydrogen-bond donors (Lipinski definition) is 0. The Kier molecular flexibility index (Phi) is 8.57. The van der Waals surface area contributed by atoms with E-state index in [1.54, 1.807) is 12.1 Å². The van der Waals surface area contributed by atoms with Gasteiger partial charge in [0.1, 0.15) is 0 Å². The molecule has 34 heavy (non-hydrogen) atoms. The normalized spacial score (nSPS) is 34.2. The van der Waals surface area contributed by atoms with Gasteiger partial charge in [0.25, 0.3) is 5.92 Å². The molecular formula is C27H38F4O3. The standard InChI is InChI=1S/C27H38F4O3/c1-3-4-5-6-24-33-15-19(16-34-24)20-9-10-21(26(29)25(20)28)23-12-8-18(14-32-23)22-11-7-17(2)13-27(22,30)31/h9-10,17-19,22-24H,3-8,11-16H2,1-2H3. The van der Waals surface area contributed by atoms with E-state index >= 15 is 8.78 Å². The zero-order valence-corrected chi connectivity index (χ0v) is 20.3. The molecule has 7 heteroatoms. The van der Waals surface area contributed by atoms with Crippen LogP contribution in [0.4, 0.5) is 17.6 Å². The molecule has 1 saturated carbocycles. The Hall–Kier alpha value is -1.18. The second kappa shape index (κ2) is 11.3. The van der Waals surface area contributed by atoms with Crippen LogP contribution in [0.1, 0.15) is 94.8 Å². The maximum atomic E-state index is 15.0. The molecule has 1 aliphatic carbocycles. The molecular weight excluding hydrogens is 448 g/mol. The summed E-state index contributed by atoms with van der Waals surface area (Å²) in [6.07, 6.45) is 5.33. The molecule has 0 N–H and O–H groups in total. The monoisotopic (exact) mass is 486 g/mol. The quantitative estimate of drug-likeness (QED) is 0.294. The molecule has 4 rings (SSSR count). The predicted molar refractivity (Wildman–Crippen MR) is 122 cm³/mol. The van der Waals surface area contributed by atoms with Crippen molar-refractivity contribution in [2.24, 2.45) is 17.8 Å². The first-order chi connectivity index (χ1) is 16.3. The summed E-state index contributed by atoms with van der Waals surface area (Å²) in [6, 6.07) is 3.16. The van der Waals surface area contributed by atoms with Gasteiger partial charge >= 0.3 is 0 Å². The molecule has 4 atom stereocenters. The highest BCUT2D eigenvalue weighted by Gasteiger charge is 2.48. The van der Waals surface area contributed by atoms with Crippen LogP contribution < -0.4 is 0 Å². The van der Waals surface area contributed by atoms with Gasteiger partial charge in [-0.3, -0.25) is 0 Å². The number of rotatable bonds is 7. The van der Waals surface area contributed by atoms with Crippen LogP contribution in [0.25, 0.3) is 0 Å². The van der Waals surface area contributed by atoms with E-state index in [0.717, 1.165) is 32.1 Å². The molecule has 0 bridgehead atoms. The van der Waals surface area contributed by atoms with E-state index in [0.29, 0.717) is 32.5 Å². The highest BCUT2D eigenvalue weighted by Crippen LogP contribution is 2.48. The molecule has 0 amide bonds. The van der Waals surface area contributed by atoms with Crippen molar-refractivity contribution in [3.05, 3.63) is 34.9 Å². The van der Waals surface area contributed by atoms with Crippen molar-refractivity contribution in [2.75, 3.05) is 19.8 Å². The molecule has 4 unspecified atom stereocenters. The van der Waals surface area contributed by atoms with Crippen molar-refractivity contribution in [3.8, 4) is 0 Å². The Balaban J connectivity index is 1.34. The molecule has 1 aromatic carbocycles. The number of hydrogen-bond acceptors (Lipinski definition) is 3. The van der Waals surface area contributed by atoms with Crippen molar-refractivity contribution in [1.82, 2.24) is 0 Å². The average Bonchev–Trinajstić information content (AvgIpc) is 2.81. The second-order valence-electron chi connectivity index (χ2n) is 10.6. The summed E-state index contributed by atoms with van der Waals surface area (Å²) in [5.74, 6) is -5.75. The molecule has 3 aliphatic rings. The fourth-order valence-corrected chi connectivity index (χ4v) is 5.90. The van der Waals surface area contributed by atoms with Gasteiger partial charge < -0.3 is 14.2 Å². The maximum Gasteiger partial charge on any atom is 0.251 e. The molecule has 3 nitrogen and oxygen atoms in total. The van der Waals surface area contributed by atoms with Crippen LogP contribution in [0.3, 0.4) is 0 Å². The zero-order valence-electron chi connectivity index (χ0n) is 20.3. The molecule has 0 aromatic heterocycles. The largest absolute Gasteiger partial charge is 0.373 e. The lowest BCUT2D eigenvalue weighted by atomic mass is 9.71. The zero-order chi connectivity index (χ0) is 24.3. The fraction of sp³-hybridized carbons (Fsp3) is 0.778. The molecule has 192 valence electrons. The summed E-state index contributed by atoms with van der Waals surface area (Å²) in [6.45, 7) is 4.75. The molecule has 2 heterocycles. The number of benzene rings is 1. The van der Waals surface area contributed by atoms with Crippen LogP contribution in [0.2, 0.25) is 0 Å². The van der Waals surface area contributed by atoms with E-state index in [2.05, 4.69) is 6.92 Å². The summed E-state index contributed by atoms with van der Waals surface area (Å²) < 4.78 is 76.5. The Labute approximate surface area is 200 Å². The highest BCUT2D eigenvalue weighted by molar-refractivity contribution is 5.31. The van der Waals surface area contributed by atoms with E-state index in [1.807, 2.05) is 6.92 Å². The van der Waals surface area contributed by atoms with Gasteiger partial charge in [0.2, 0.25) is 0 Å². The Bertz CT molecular complexity index is 801. The number of alkyl halides is 2. The summed E-state index contributed by atoms with van der Waals surface area (Å²) in [5.41, 5.74) is 0.414. The summed E-state index contributed by atoms with van der Waals surface area (Å²) >= 11 is 0. The van der Waals surface area contributed by atoms with E-state index in [1.165, 1.54) is 0 Å². The summed E-state index contributed by atoms with van der Waals surface area (Å²) in [7, 11) is 0. The second-order valence-corrected chi connectivity index (χ2v) is 10.6. The van der Waals surface area contributed by atoms with Crippen molar-refractivity contribution >= 4 is 0 Å². The van der Waals surface area contributed by atoms with Crippen molar-refractivity contribution in [2.45, 2.75) is 95.9 Å². The highest BCUT2D eigenvalue weighted by atomic mass is 19.3. The van der Waals surface area contributed by atoms with Gasteiger partial charge in [0, 0.05) is 23.8 Å². The smallest absolute Gasteiger partial charge is 0.251 e. The minimum Gasteiger partial charge on any atom is -0.373 e. The van der Waals surface area contributed by atoms with Crippen molar-refractivity contribution in [1.29, 1.82) is 0 Å². The van der Waals surface area contributed by atoms with Crippen LogP contribution in [0.5, 0.6) is 0 Å². The number of halogens is 4. The van der Waals surface area contributed by atoms with E-state index in [-0.39, 0.29) is 48.2 Å². The Morgan fingerprint density at radius 1 is 0.882 bits per heavy atom. The number of unbranched alkanes of at least 4 members (excludes halogenated alkanes) is 2. The lowest BCUT2D eigenvalue weighted by Crippen LogP contribution is -2.42. The third kappa shape index (κ3) is 5.79. The van der Waals surface area contributed by atoms with Crippen LogP contribution >= 0.6 is 0 Å². The molecule has 0 spiro atoms. The minimum absolute atomic E-state index is 0.0333. The van der Waals surface area contributed by atoms with Crippen LogP contribution in [-0.2, 0) is 14.2 Å². The molecule has 3 fully saturated rings. The molecule has 0 radical (unpaired) electrons.